The van der Waals surface area contributed by atoms with E-state index in [9.17, 15) is 14.4 Å². The Balaban J connectivity index is 1.16. The summed E-state index contributed by atoms with van der Waals surface area (Å²) in [4.78, 5) is 62.0. The molecule has 0 aliphatic carbocycles. The molecular weight excluding hydrogens is 857 g/mol. The first-order valence-electron chi connectivity index (χ1n) is 22.9. The van der Waals surface area contributed by atoms with Gasteiger partial charge in [0.25, 0.3) is 0 Å². The molecule has 0 saturated carbocycles. The van der Waals surface area contributed by atoms with Crippen LogP contribution in [0, 0.1) is 0 Å². The van der Waals surface area contributed by atoms with Gasteiger partial charge in [-0.2, -0.15) is 0 Å². The van der Waals surface area contributed by atoms with E-state index in [0.29, 0.717) is 25.9 Å². The average Bonchev–Trinajstić information content (AvgIpc) is 3.53. The normalized spacial score (nSPS) is 15.5. The number of carbonyl (C=O) groups excluding carboxylic acids is 4. The van der Waals surface area contributed by atoms with Crippen LogP contribution in [0.4, 0.5) is 14.4 Å². The third-order valence-corrected chi connectivity index (χ3v) is 11.9. The summed E-state index contributed by atoms with van der Waals surface area (Å²) in [5, 5.41) is 8.94. The molecule has 4 N–H and O–H groups in total. The molecule has 3 unspecified atom stereocenters. The van der Waals surface area contributed by atoms with Crippen LogP contribution in [-0.4, -0.2) is 84.3 Å². The van der Waals surface area contributed by atoms with E-state index in [1.165, 1.54) is 6.08 Å². The van der Waals surface area contributed by atoms with Crippen LogP contribution in [0.2, 0.25) is 0 Å². The number of guanidine groups is 1. The standard InChI is InChI=1S/C55H58N6O7/c1-2-34-66-53(63)58-50(36-42-29-30-43-22-15-16-27-46(43)35-42)48-31-33-60(37-47(44-23-11-5-12-24-44)45-25-13-6-14-26-45)51(62)49(57-48)28-17-32-61(55(65)68-39-41-20-9-4-10-21-41)52(56)59-54(64)67-38-40-18-7-3-8-19-40/h2-16,18-27,29-30,35,47-50,57H,1,17,28,31-34,36-39H2,(H,58,63)(H2,56,59,64). The van der Waals surface area contributed by atoms with Crippen molar-refractivity contribution in [3.05, 3.63) is 204 Å². The molecule has 13 heteroatoms. The minimum atomic E-state index is -0.978. The Bertz CT molecular complexity index is 2580. The van der Waals surface area contributed by atoms with Gasteiger partial charge in [0, 0.05) is 31.6 Å². The van der Waals surface area contributed by atoms with Crippen molar-refractivity contribution in [1.29, 1.82) is 0 Å². The highest BCUT2D eigenvalue weighted by molar-refractivity contribution is 5.98. The number of alkyl carbamates (subject to hydrolysis) is 1. The largest absolute Gasteiger partial charge is 0.445 e. The lowest BCUT2D eigenvalue weighted by atomic mass is 9.90. The van der Waals surface area contributed by atoms with E-state index in [0.717, 1.165) is 43.5 Å². The van der Waals surface area contributed by atoms with E-state index >= 15 is 4.79 Å². The maximum Gasteiger partial charge on any atom is 0.437 e. The van der Waals surface area contributed by atoms with Crippen LogP contribution >= 0.6 is 0 Å². The topological polar surface area (TPSA) is 165 Å². The van der Waals surface area contributed by atoms with Crippen molar-refractivity contribution >= 4 is 40.9 Å². The molecule has 6 aromatic carbocycles. The van der Waals surface area contributed by atoms with Crippen molar-refractivity contribution in [3.8, 4) is 0 Å². The molecule has 3 atom stereocenters. The summed E-state index contributed by atoms with van der Waals surface area (Å²) in [6.45, 7) is 4.37. The monoisotopic (exact) mass is 914 g/mol. The molecule has 7 rings (SSSR count). The summed E-state index contributed by atoms with van der Waals surface area (Å²) in [5.74, 6) is -0.675. The quantitative estimate of drug-likeness (QED) is 0.0330. The molecule has 13 nitrogen and oxygen atoms in total. The van der Waals surface area contributed by atoms with Gasteiger partial charge in [-0.1, -0.05) is 176 Å². The first kappa shape index (κ1) is 48.2. The Kier molecular flexibility index (Phi) is 17.5. The van der Waals surface area contributed by atoms with Crippen LogP contribution in [0.3, 0.4) is 0 Å². The number of aliphatic imine (C=N–C) groups is 1. The van der Waals surface area contributed by atoms with Gasteiger partial charge < -0.3 is 35.5 Å². The van der Waals surface area contributed by atoms with Crippen molar-refractivity contribution in [1.82, 2.24) is 20.4 Å². The van der Waals surface area contributed by atoms with Crippen LogP contribution < -0.4 is 16.4 Å². The SMILES string of the molecule is C=CCOC(=O)NC(Cc1ccc2ccccc2c1)C1CCN(CC(c2ccccc2)c2ccccc2)C(=O)C(CCCN(C(=O)OCc2ccccc2)C(N)=NC(=O)OCc2ccccc2)N1. The Hall–Kier alpha value is -7.77. The van der Waals surface area contributed by atoms with E-state index in [4.69, 9.17) is 19.9 Å². The molecule has 1 saturated heterocycles. The van der Waals surface area contributed by atoms with Crippen LogP contribution in [0.25, 0.3) is 10.8 Å². The molecule has 1 fully saturated rings. The fraction of sp³-hybridized carbons (Fsp3) is 0.255. The average molecular weight is 915 g/mol. The minimum absolute atomic E-state index is 0.0311. The Labute approximate surface area is 397 Å². The van der Waals surface area contributed by atoms with Gasteiger partial charge >= 0.3 is 18.3 Å². The zero-order chi connectivity index (χ0) is 47.5. The van der Waals surface area contributed by atoms with Crippen molar-refractivity contribution in [2.45, 2.75) is 62.9 Å². The highest BCUT2D eigenvalue weighted by atomic mass is 16.6. The molecule has 0 bridgehead atoms. The summed E-state index contributed by atoms with van der Waals surface area (Å²) in [7, 11) is 0. The predicted octanol–water partition coefficient (Wildman–Crippen LogP) is 9.12. The fourth-order valence-electron chi connectivity index (χ4n) is 8.44. The number of nitrogens with two attached hydrogens (primary N) is 1. The molecule has 6 aromatic rings. The number of hydrogen-bond donors (Lipinski definition) is 3. The van der Waals surface area contributed by atoms with Gasteiger partial charge in [-0.25, -0.2) is 19.3 Å². The zero-order valence-corrected chi connectivity index (χ0v) is 38.0. The molecule has 0 spiro atoms. The van der Waals surface area contributed by atoms with Gasteiger partial charge in [0.2, 0.25) is 11.9 Å². The van der Waals surface area contributed by atoms with Gasteiger partial charge in [0.05, 0.1) is 12.1 Å². The number of amides is 4. The van der Waals surface area contributed by atoms with Crippen molar-refractivity contribution in [3.63, 3.8) is 0 Å². The lowest BCUT2D eigenvalue weighted by Crippen LogP contribution is -2.55. The number of hydrogen-bond acceptors (Lipinski definition) is 8. The van der Waals surface area contributed by atoms with Gasteiger partial charge in [0.1, 0.15) is 19.8 Å². The highest BCUT2D eigenvalue weighted by Crippen LogP contribution is 2.28. The second kappa shape index (κ2) is 24.7. The number of fused-ring (bicyclic) bond motifs is 1. The number of nitrogens with zero attached hydrogens (tertiary/aromatic N) is 3. The molecule has 1 aliphatic heterocycles. The number of benzene rings is 6. The summed E-state index contributed by atoms with van der Waals surface area (Å²) in [6.07, 6.45) is 0.535. The van der Waals surface area contributed by atoms with Gasteiger partial charge in [0.15, 0.2) is 0 Å². The molecule has 68 heavy (non-hydrogen) atoms. The second-order valence-corrected chi connectivity index (χ2v) is 16.6. The number of ether oxygens (including phenoxy) is 3. The predicted molar refractivity (Wildman–Crippen MR) is 264 cm³/mol. The van der Waals surface area contributed by atoms with Crippen LogP contribution in [0.1, 0.15) is 53.0 Å². The first-order valence-corrected chi connectivity index (χ1v) is 22.9. The summed E-state index contributed by atoms with van der Waals surface area (Å²) < 4.78 is 16.5. The zero-order valence-electron chi connectivity index (χ0n) is 38.0. The highest BCUT2D eigenvalue weighted by Gasteiger charge is 2.36. The Morgan fingerprint density at radius 1 is 0.765 bits per heavy atom. The fourth-order valence-corrected chi connectivity index (χ4v) is 8.44. The number of carbonyl (C=O) groups is 4. The third kappa shape index (κ3) is 13.9. The van der Waals surface area contributed by atoms with Crippen LogP contribution in [-0.2, 0) is 38.6 Å². The molecule has 4 amide bonds. The summed E-state index contributed by atoms with van der Waals surface area (Å²) >= 11 is 0. The smallest absolute Gasteiger partial charge is 0.437 e. The molecule has 0 aromatic heterocycles. The lowest BCUT2D eigenvalue weighted by molar-refractivity contribution is -0.133. The van der Waals surface area contributed by atoms with E-state index in [1.54, 1.807) is 0 Å². The van der Waals surface area contributed by atoms with Crippen LogP contribution in [0.15, 0.2) is 181 Å². The molecule has 0 radical (unpaired) electrons. The van der Waals surface area contributed by atoms with Crippen LogP contribution in [0.5, 0.6) is 0 Å². The number of nitrogens with one attached hydrogen (secondary N) is 2. The van der Waals surface area contributed by atoms with Gasteiger partial charge in [-0.3, -0.25) is 4.79 Å². The second-order valence-electron chi connectivity index (χ2n) is 16.6. The van der Waals surface area contributed by atoms with Crippen molar-refractivity contribution in [2.24, 2.45) is 10.7 Å². The maximum absolute atomic E-state index is 15.0. The molecular formula is C55H58N6O7. The lowest BCUT2D eigenvalue weighted by Gasteiger charge is -2.30. The van der Waals surface area contributed by atoms with Crippen molar-refractivity contribution < 1.29 is 33.4 Å². The van der Waals surface area contributed by atoms with E-state index in [2.05, 4.69) is 76.8 Å². The van der Waals surface area contributed by atoms with E-state index < -0.39 is 42.4 Å². The summed E-state index contributed by atoms with van der Waals surface area (Å²) in [6, 6.07) is 51.2. The van der Waals surface area contributed by atoms with Gasteiger partial charge in [-0.15, -0.1) is 4.99 Å². The molecule has 350 valence electrons. The number of rotatable bonds is 18. The first-order chi connectivity index (χ1) is 33.2. The minimum Gasteiger partial charge on any atom is -0.445 e. The van der Waals surface area contributed by atoms with E-state index in [-0.39, 0.29) is 51.0 Å². The molecule has 1 heterocycles. The van der Waals surface area contributed by atoms with E-state index in [1.807, 2.05) is 114 Å². The third-order valence-electron chi connectivity index (χ3n) is 11.9. The maximum atomic E-state index is 15.0. The molecule has 1 aliphatic rings. The van der Waals surface area contributed by atoms with Crippen molar-refractivity contribution in [2.75, 3.05) is 26.2 Å². The van der Waals surface area contributed by atoms with Gasteiger partial charge in [-0.05, 0) is 64.3 Å². The Morgan fingerprint density at radius 3 is 1.99 bits per heavy atom. The Morgan fingerprint density at radius 2 is 1.35 bits per heavy atom. The summed E-state index contributed by atoms with van der Waals surface area (Å²) in [5.41, 5.74) is 11.0.